The first-order valence-corrected chi connectivity index (χ1v) is 11.8. The average Bonchev–Trinajstić information content (AvgIpc) is 2.96. The number of thioether (sulfide) groups is 2. The van der Waals surface area contributed by atoms with Gasteiger partial charge in [0.2, 0.25) is 0 Å². The Hall–Kier alpha value is -1.71. The summed E-state index contributed by atoms with van der Waals surface area (Å²) in [6.45, 7) is 2.70. The zero-order valence-electron chi connectivity index (χ0n) is 16.7. The van der Waals surface area contributed by atoms with E-state index in [4.69, 9.17) is 21.7 Å². The predicted octanol–water partition coefficient (Wildman–Crippen LogP) is 4.28. The molecule has 1 heterocycles. The SMILES string of the molecule is CCCCOc1ccc(/C=C2\SC(=S)N(C(CCSC)C(=O)O)C2=O)cc1OC. The Labute approximate surface area is 185 Å². The highest BCUT2D eigenvalue weighted by Crippen LogP contribution is 2.36. The Balaban J connectivity index is 2.23. The van der Waals surface area contributed by atoms with Crippen molar-refractivity contribution in [2.24, 2.45) is 0 Å². The molecule has 1 aliphatic heterocycles. The lowest BCUT2D eigenvalue weighted by Crippen LogP contribution is -2.44. The molecule has 1 amide bonds. The minimum atomic E-state index is -1.05. The normalized spacial score (nSPS) is 16.4. The van der Waals surface area contributed by atoms with Crippen LogP contribution in [0, 0.1) is 0 Å². The van der Waals surface area contributed by atoms with Crippen LogP contribution in [0.3, 0.4) is 0 Å². The molecule has 29 heavy (non-hydrogen) atoms. The molecule has 6 nitrogen and oxygen atoms in total. The molecule has 2 rings (SSSR count). The Bertz CT molecular complexity index is 796. The Morgan fingerprint density at radius 1 is 1.41 bits per heavy atom. The van der Waals surface area contributed by atoms with Crippen LogP contribution in [-0.2, 0) is 9.59 Å². The fourth-order valence-electron chi connectivity index (χ4n) is 2.71. The summed E-state index contributed by atoms with van der Waals surface area (Å²) in [4.78, 5) is 26.1. The van der Waals surface area contributed by atoms with Gasteiger partial charge in [-0.05, 0) is 48.6 Å². The van der Waals surface area contributed by atoms with Crippen LogP contribution in [0.1, 0.15) is 31.7 Å². The molecule has 0 aromatic heterocycles. The van der Waals surface area contributed by atoms with Crippen molar-refractivity contribution in [1.29, 1.82) is 0 Å². The van der Waals surface area contributed by atoms with E-state index in [1.807, 2.05) is 12.3 Å². The molecule has 0 radical (unpaired) electrons. The third kappa shape index (κ3) is 6.13. The van der Waals surface area contributed by atoms with Gasteiger partial charge in [0.15, 0.2) is 11.5 Å². The summed E-state index contributed by atoms with van der Waals surface area (Å²) in [6.07, 6.45) is 5.93. The summed E-state index contributed by atoms with van der Waals surface area (Å²) in [5.41, 5.74) is 0.751. The number of carboxylic acids is 1. The van der Waals surface area contributed by atoms with E-state index in [1.54, 1.807) is 25.3 Å². The molecule has 1 N–H and O–H groups in total. The molecule has 0 saturated carbocycles. The average molecular weight is 456 g/mol. The Morgan fingerprint density at radius 3 is 2.79 bits per heavy atom. The number of carbonyl (C=O) groups is 2. The van der Waals surface area contributed by atoms with E-state index < -0.39 is 12.0 Å². The zero-order valence-corrected chi connectivity index (χ0v) is 19.1. The van der Waals surface area contributed by atoms with E-state index in [0.29, 0.717) is 35.2 Å². The van der Waals surface area contributed by atoms with E-state index in [1.165, 1.54) is 16.7 Å². The second-order valence-electron chi connectivity index (χ2n) is 6.30. The summed E-state index contributed by atoms with van der Waals surface area (Å²) in [5.74, 6) is 0.425. The van der Waals surface area contributed by atoms with Crippen LogP contribution < -0.4 is 9.47 Å². The maximum absolute atomic E-state index is 12.8. The molecule has 0 spiro atoms. The van der Waals surface area contributed by atoms with Gasteiger partial charge in [0.1, 0.15) is 10.4 Å². The summed E-state index contributed by atoms with van der Waals surface area (Å²) < 4.78 is 11.4. The van der Waals surface area contributed by atoms with Gasteiger partial charge < -0.3 is 14.6 Å². The molecule has 1 unspecified atom stereocenters. The van der Waals surface area contributed by atoms with Crippen molar-refractivity contribution in [1.82, 2.24) is 4.90 Å². The molecule has 0 aliphatic carbocycles. The maximum Gasteiger partial charge on any atom is 0.326 e. The number of rotatable bonds is 11. The van der Waals surface area contributed by atoms with Crippen LogP contribution >= 0.6 is 35.7 Å². The lowest BCUT2D eigenvalue weighted by atomic mass is 10.1. The number of methoxy groups -OCH3 is 1. The number of ether oxygens (including phenoxy) is 2. The number of thiocarbonyl (C=S) groups is 1. The fraction of sp³-hybridized carbons (Fsp3) is 0.450. The van der Waals surface area contributed by atoms with Gasteiger partial charge in [0, 0.05) is 0 Å². The smallest absolute Gasteiger partial charge is 0.326 e. The van der Waals surface area contributed by atoms with Crippen LogP contribution in [0.2, 0.25) is 0 Å². The molecule has 1 aromatic carbocycles. The summed E-state index contributed by atoms with van der Waals surface area (Å²) in [5, 5.41) is 9.54. The highest BCUT2D eigenvalue weighted by Gasteiger charge is 2.40. The van der Waals surface area contributed by atoms with Gasteiger partial charge in [0.05, 0.1) is 18.6 Å². The monoisotopic (exact) mass is 455 g/mol. The first-order valence-electron chi connectivity index (χ1n) is 9.22. The molecule has 0 bridgehead atoms. The third-order valence-corrected chi connectivity index (χ3v) is 6.23. The molecule has 1 saturated heterocycles. The molecule has 158 valence electrons. The van der Waals surface area contributed by atoms with Crippen LogP contribution in [0.4, 0.5) is 0 Å². The first-order chi connectivity index (χ1) is 13.9. The topological polar surface area (TPSA) is 76.1 Å². The van der Waals surface area contributed by atoms with Gasteiger partial charge in [-0.3, -0.25) is 9.69 Å². The molecular weight excluding hydrogens is 430 g/mol. The minimum absolute atomic E-state index is 0.265. The van der Waals surface area contributed by atoms with Gasteiger partial charge >= 0.3 is 5.97 Å². The molecule has 9 heteroatoms. The van der Waals surface area contributed by atoms with Gasteiger partial charge in [0.25, 0.3) is 5.91 Å². The number of unbranched alkanes of at least 4 members (excludes halogenated alkanes) is 1. The highest BCUT2D eigenvalue weighted by atomic mass is 32.2. The number of hydrogen-bond donors (Lipinski definition) is 1. The molecule has 1 aromatic rings. The Kier molecular flexibility index (Phi) is 9.32. The van der Waals surface area contributed by atoms with Crippen LogP contribution in [-0.4, -0.2) is 58.0 Å². The fourth-order valence-corrected chi connectivity index (χ4v) is 4.53. The predicted molar refractivity (Wildman–Crippen MR) is 123 cm³/mol. The van der Waals surface area contributed by atoms with Crippen molar-refractivity contribution < 1.29 is 24.2 Å². The van der Waals surface area contributed by atoms with Gasteiger partial charge in [-0.1, -0.05) is 43.4 Å². The number of carboxylic acid groups (broad SMARTS) is 1. The summed E-state index contributed by atoms with van der Waals surface area (Å²) in [6, 6.07) is 4.47. The van der Waals surface area contributed by atoms with Crippen molar-refractivity contribution in [3.63, 3.8) is 0 Å². The van der Waals surface area contributed by atoms with Crippen molar-refractivity contribution >= 4 is 58.0 Å². The lowest BCUT2D eigenvalue weighted by Gasteiger charge is -2.22. The molecular formula is C20H25NO5S3. The third-order valence-electron chi connectivity index (χ3n) is 4.26. The second kappa shape index (κ2) is 11.5. The maximum atomic E-state index is 12.8. The summed E-state index contributed by atoms with van der Waals surface area (Å²) in [7, 11) is 1.56. The number of benzene rings is 1. The van der Waals surface area contributed by atoms with E-state index in [2.05, 4.69) is 6.92 Å². The quantitative estimate of drug-likeness (QED) is 0.301. The highest BCUT2D eigenvalue weighted by molar-refractivity contribution is 8.26. The molecule has 1 aliphatic rings. The van der Waals surface area contributed by atoms with E-state index in [9.17, 15) is 14.7 Å². The van der Waals surface area contributed by atoms with E-state index >= 15 is 0 Å². The number of amides is 1. The minimum Gasteiger partial charge on any atom is -0.493 e. The Morgan fingerprint density at radius 2 is 2.17 bits per heavy atom. The largest absolute Gasteiger partial charge is 0.493 e. The van der Waals surface area contributed by atoms with E-state index in [-0.39, 0.29) is 10.2 Å². The van der Waals surface area contributed by atoms with Crippen LogP contribution in [0.25, 0.3) is 6.08 Å². The zero-order chi connectivity index (χ0) is 21.4. The van der Waals surface area contributed by atoms with Gasteiger partial charge in [-0.15, -0.1) is 0 Å². The first kappa shape index (κ1) is 23.6. The van der Waals surface area contributed by atoms with Crippen LogP contribution in [0.15, 0.2) is 23.1 Å². The molecule has 1 fully saturated rings. The number of aliphatic carboxylic acids is 1. The van der Waals surface area contributed by atoms with Crippen LogP contribution in [0.5, 0.6) is 11.5 Å². The van der Waals surface area contributed by atoms with Crippen molar-refractivity contribution in [3.8, 4) is 11.5 Å². The summed E-state index contributed by atoms with van der Waals surface area (Å²) >= 11 is 7.95. The van der Waals surface area contributed by atoms with Crippen molar-refractivity contribution in [2.45, 2.75) is 32.2 Å². The van der Waals surface area contributed by atoms with Gasteiger partial charge in [-0.25, -0.2) is 4.79 Å². The van der Waals surface area contributed by atoms with Crippen molar-refractivity contribution in [3.05, 3.63) is 28.7 Å². The number of carbonyl (C=O) groups excluding carboxylic acids is 1. The number of hydrogen-bond acceptors (Lipinski definition) is 7. The second-order valence-corrected chi connectivity index (χ2v) is 8.96. The standard InChI is InChI=1S/C20H25NO5S3/c1-4-5-9-26-15-7-6-13(11-16(15)25-2)12-17-18(22)21(20(27)29-17)14(19(23)24)8-10-28-3/h6-7,11-12,14H,4-5,8-10H2,1-3H3,(H,23,24)/b17-12-. The molecule has 1 atom stereocenters. The van der Waals surface area contributed by atoms with E-state index in [0.717, 1.165) is 30.2 Å². The number of nitrogens with zero attached hydrogens (tertiary/aromatic N) is 1. The van der Waals surface area contributed by atoms with Gasteiger partial charge in [-0.2, -0.15) is 11.8 Å². The van der Waals surface area contributed by atoms with Crippen molar-refractivity contribution in [2.75, 3.05) is 25.7 Å². The lowest BCUT2D eigenvalue weighted by molar-refractivity contribution is -0.145.